The second kappa shape index (κ2) is 38.9. The number of fused-ring (bicyclic) bond motifs is 2. The van der Waals surface area contributed by atoms with Crippen molar-refractivity contribution in [2.45, 2.75) is 186 Å². The van der Waals surface area contributed by atoms with Crippen LogP contribution in [0.5, 0.6) is 0 Å². The van der Waals surface area contributed by atoms with E-state index in [2.05, 4.69) is 34.1 Å². The molecule has 0 bridgehead atoms. The summed E-state index contributed by atoms with van der Waals surface area (Å²) >= 11 is 7.76. The fourth-order valence-electron chi connectivity index (χ4n) is 15.3. The molecule has 22 nitrogen and oxygen atoms in total. The van der Waals surface area contributed by atoms with Crippen molar-refractivity contribution >= 4 is 110 Å². The molecule has 5 aliphatic heterocycles. The molecule has 0 unspecified atom stereocenters. The summed E-state index contributed by atoms with van der Waals surface area (Å²) in [7, 11) is 0. The summed E-state index contributed by atoms with van der Waals surface area (Å²) in [5.74, 6) is -0.716. The number of hydrogen-bond acceptors (Lipinski definition) is 21. The van der Waals surface area contributed by atoms with Crippen LogP contribution in [0, 0.1) is 26.7 Å². The smallest absolute Gasteiger partial charge is 0.255 e. The van der Waals surface area contributed by atoms with Crippen molar-refractivity contribution in [3.63, 3.8) is 0 Å². The Morgan fingerprint density at radius 1 is 0.491 bits per heavy atom. The molecular weight excluding hydrogens is 1520 g/mol. The second-order valence-corrected chi connectivity index (χ2v) is 34.2. The number of aliphatic hydroxyl groups is 4. The Hall–Kier alpha value is -8.64. The van der Waals surface area contributed by atoms with Crippen LogP contribution in [-0.2, 0) is 65.9 Å². The van der Waals surface area contributed by atoms with Gasteiger partial charge in [-0.2, -0.15) is 23.5 Å². The molecule has 3 saturated heterocycles. The molecule has 0 spiro atoms. The van der Waals surface area contributed by atoms with Gasteiger partial charge in [-0.25, -0.2) is 15.0 Å². The van der Waals surface area contributed by atoms with Gasteiger partial charge in [0.2, 0.25) is 23.6 Å². The van der Waals surface area contributed by atoms with E-state index in [0.29, 0.717) is 60.8 Å². The van der Waals surface area contributed by atoms with Gasteiger partial charge in [-0.15, -0.1) is 34.0 Å². The number of nitrogens with one attached hydrogen (secondary N) is 1. The van der Waals surface area contributed by atoms with E-state index < -0.39 is 66.6 Å². The highest BCUT2D eigenvalue weighted by atomic mass is 32.2. The average molecular weight is 1620 g/mol. The van der Waals surface area contributed by atoms with E-state index in [1.54, 1.807) is 57.1 Å². The third-order valence-corrected chi connectivity index (χ3v) is 25.6. The fraction of sp³-hybridized carbons (Fsp3) is 0.435. The van der Waals surface area contributed by atoms with Crippen molar-refractivity contribution in [2.24, 2.45) is 5.92 Å². The van der Waals surface area contributed by atoms with Gasteiger partial charge >= 0.3 is 0 Å². The third-order valence-electron chi connectivity index (χ3n) is 21.3. The number of hydrogen-bond donors (Lipinski definition) is 5. The number of benzene rings is 5. The van der Waals surface area contributed by atoms with E-state index in [0.717, 1.165) is 82.6 Å². The Labute approximate surface area is 674 Å². The van der Waals surface area contributed by atoms with Crippen LogP contribution in [0.25, 0.3) is 31.3 Å². The minimum atomic E-state index is -1.14. The molecule has 5 aliphatic rings. The van der Waals surface area contributed by atoms with Crippen molar-refractivity contribution in [3.8, 4) is 31.3 Å². The number of Topliss-reactive ketones (excluding diaryl/α,β-unsaturated/α-hetero) is 3. The molecule has 112 heavy (non-hydrogen) atoms. The first-order valence-electron chi connectivity index (χ1n) is 38.1. The molecule has 3 fully saturated rings. The second-order valence-electron chi connectivity index (χ2n) is 29.8. The first-order chi connectivity index (χ1) is 53.8. The number of aryl methyl sites for hydroxylation is 6. The number of aliphatic hydroxyl groups excluding tert-OH is 4. The molecule has 6 amide bonds. The molecule has 3 aromatic heterocycles. The molecule has 0 saturated carbocycles. The van der Waals surface area contributed by atoms with Crippen LogP contribution in [-0.4, -0.2) is 217 Å². The van der Waals surface area contributed by atoms with Crippen LogP contribution >= 0.6 is 57.5 Å². The zero-order valence-corrected chi connectivity index (χ0v) is 68.5. The molecule has 0 radical (unpaired) electrons. The highest BCUT2D eigenvalue weighted by Gasteiger charge is 2.48. The summed E-state index contributed by atoms with van der Waals surface area (Å²) in [6.07, 6.45) is 4.45. The van der Waals surface area contributed by atoms with Crippen LogP contribution < -0.4 is 5.32 Å². The minimum absolute atomic E-state index is 0.00363. The predicted octanol–water partition coefficient (Wildman–Crippen LogP) is 10.8. The SMILES string of the molecule is CSC[C@@H](C(=O)N1C[C@H](O)C[C@H]1C(=O)CCc1ccc(-c2scnc2C)cc1)N1Cc2ccccc2C1=O.CSC[C@H](NC(=O)CCC(C)C)C(=O)N1C[C@H](O)C[C@H]1C(=O)CCc1ccc(-c2scnc2C)cc1.Cc1ncsc1-c1ccc(CCC(=O)[C@@H]2C[C@@H](O)CN2C(=O)[C@H]([C@H](C)O)N2Cc3ccccc3C2=O)cc1. The van der Waals surface area contributed by atoms with Gasteiger partial charge < -0.3 is 50.2 Å². The molecular formula is C85H99N9O13S5. The molecule has 8 heterocycles. The zero-order chi connectivity index (χ0) is 80.0. The van der Waals surface area contributed by atoms with Crippen molar-refractivity contribution < 1.29 is 63.6 Å². The number of likely N-dealkylation sites (tertiary alicyclic amines) is 3. The van der Waals surface area contributed by atoms with E-state index in [4.69, 9.17) is 0 Å². The van der Waals surface area contributed by atoms with Crippen LogP contribution in [0.1, 0.15) is 138 Å². The lowest BCUT2D eigenvalue weighted by atomic mass is 9.99. The number of thioether (sulfide) groups is 2. The van der Waals surface area contributed by atoms with Crippen LogP contribution in [0.2, 0.25) is 0 Å². The van der Waals surface area contributed by atoms with Crippen molar-refractivity contribution in [2.75, 3.05) is 43.7 Å². The number of thiazole rings is 3. The van der Waals surface area contributed by atoms with Crippen LogP contribution in [0.3, 0.4) is 0 Å². The Balaban J connectivity index is 0.000000166. The highest BCUT2D eigenvalue weighted by Crippen LogP contribution is 2.35. The predicted molar refractivity (Wildman–Crippen MR) is 440 cm³/mol. The molecule has 8 aromatic rings. The Morgan fingerprint density at radius 2 is 0.857 bits per heavy atom. The number of nitrogens with zero attached hydrogens (tertiary/aromatic N) is 8. The average Bonchev–Trinajstić information content (AvgIpc) is 1.63. The summed E-state index contributed by atoms with van der Waals surface area (Å²) in [6.45, 7) is 12.3. The Morgan fingerprint density at radius 3 is 1.21 bits per heavy atom. The first kappa shape index (κ1) is 84.3. The number of carbonyl (C=O) groups is 9. The van der Waals surface area contributed by atoms with E-state index in [9.17, 15) is 63.6 Å². The minimum Gasteiger partial charge on any atom is -0.391 e. The largest absolute Gasteiger partial charge is 0.391 e. The van der Waals surface area contributed by atoms with E-state index in [1.165, 1.54) is 50.0 Å². The maximum absolute atomic E-state index is 13.8. The number of β-amino-alcohol motifs (C(OH)–C–C–N with tert-alkyl or cyclic N) is 3. The van der Waals surface area contributed by atoms with Crippen LogP contribution in [0.15, 0.2) is 138 Å². The summed E-state index contributed by atoms with van der Waals surface area (Å²) < 4.78 is 0. The number of rotatable bonds is 29. The van der Waals surface area contributed by atoms with Crippen LogP contribution in [0.4, 0.5) is 0 Å². The van der Waals surface area contributed by atoms with Crippen molar-refractivity contribution in [1.82, 2.24) is 44.8 Å². The zero-order valence-electron chi connectivity index (χ0n) is 64.4. The van der Waals surface area contributed by atoms with Gasteiger partial charge in [-0.3, -0.25) is 43.2 Å². The van der Waals surface area contributed by atoms with Gasteiger partial charge in [0.05, 0.1) is 90.8 Å². The topological polar surface area (TPSA) is 301 Å². The Bertz CT molecular complexity index is 4640. The van der Waals surface area contributed by atoms with Gasteiger partial charge in [0, 0.05) is 100 Å². The lowest BCUT2D eigenvalue weighted by Crippen LogP contribution is -2.56. The van der Waals surface area contributed by atoms with Gasteiger partial charge in [0.1, 0.15) is 18.1 Å². The quantitative estimate of drug-likeness (QED) is 0.0291. The van der Waals surface area contributed by atoms with E-state index >= 15 is 0 Å². The summed E-state index contributed by atoms with van der Waals surface area (Å²) in [4.78, 5) is 143. The highest BCUT2D eigenvalue weighted by molar-refractivity contribution is 7.98. The normalized spacial score (nSPS) is 19.5. The molecule has 10 atom stereocenters. The van der Waals surface area contributed by atoms with E-state index in [-0.39, 0.29) is 112 Å². The van der Waals surface area contributed by atoms with Gasteiger partial charge in [0.15, 0.2) is 17.3 Å². The van der Waals surface area contributed by atoms with Gasteiger partial charge in [0.25, 0.3) is 11.8 Å². The molecule has 592 valence electrons. The molecule has 5 aromatic carbocycles. The molecule has 0 aliphatic carbocycles. The lowest BCUT2D eigenvalue weighted by Gasteiger charge is -2.34. The number of carbonyl (C=O) groups excluding carboxylic acids is 9. The first-order valence-corrected chi connectivity index (χ1v) is 43.5. The Kier molecular flexibility index (Phi) is 29.3. The third kappa shape index (κ3) is 20.5. The lowest BCUT2D eigenvalue weighted by molar-refractivity contribution is -0.144. The number of ketones is 3. The maximum atomic E-state index is 13.8. The summed E-state index contributed by atoms with van der Waals surface area (Å²) in [5.41, 5.74) is 17.7. The maximum Gasteiger partial charge on any atom is 0.255 e. The van der Waals surface area contributed by atoms with Gasteiger partial charge in [-0.05, 0) is 128 Å². The van der Waals surface area contributed by atoms with E-state index in [1.807, 2.05) is 153 Å². The molecule has 27 heteroatoms. The summed E-state index contributed by atoms with van der Waals surface area (Å²) in [6, 6.07) is 34.2. The molecule has 5 N–H and O–H groups in total. The van der Waals surface area contributed by atoms with Crippen molar-refractivity contribution in [3.05, 3.63) is 194 Å². The number of amides is 6. The standard InChI is InChI=1S/C29H31N3O5S.C29H31N3O4S2.C27H37N3O4S2/c1-17-27(38-16-30-17)20-10-7-19(8-11-20)9-12-25(35)24-13-22(34)15-31(24)29(37)26(18(2)33)32-14-21-5-3-4-6-23(21)28(32)36;1-18-27(38-17-30-18)20-10-7-19(8-11-20)9-12-26(34)24-13-22(33)15-32(24)29(36)25(16-37-2)31-14-21-5-3-4-6-23(21)28(31)35;1-17(2)5-12-25(33)29-22(15-35-4)27(34)30-14-21(31)13-23(30)24(32)11-8-19-6-9-20(10-7-19)26-18(3)28-16-36-26/h3-8,10-11,16,18,22,24,26,33-34H,9,12-15H2,1-2H3;3-8,10-11,17,22,24-25,33H,9,12-16H2,1-2H3;6-7,9-10,16-17,21-23,31H,5,8,11-15H2,1-4H3,(H,29,33)/t18-,22+,24-,26-;22-,24+,25+;21-,22+,23+/m011/s1. The monoisotopic (exact) mass is 1610 g/mol. The fourth-order valence-corrected chi connectivity index (χ4v) is 18.9. The van der Waals surface area contributed by atoms with Crippen molar-refractivity contribution in [1.29, 1.82) is 0 Å². The molecule has 13 rings (SSSR count). The number of aromatic nitrogens is 3. The van der Waals surface area contributed by atoms with Gasteiger partial charge in [-0.1, -0.05) is 123 Å². The summed E-state index contributed by atoms with van der Waals surface area (Å²) in [5, 5.41) is 44.5.